The summed E-state index contributed by atoms with van der Waals surface area (Å²) in [5.74, 6) is 1.27. The summed E-state index contributed by atoms with van der Waals surface area (Å²) >= 11 is 3.22. The first-order valence-electron chi connectivity index (χ1n) is 11.0. The number of thioether (sulfide) groups is 1. The maximum Gasteiger partial charge on any atom is 0.274 e. The first-order chi connectivity index (χ1) is 16.0. The fraction of sp³-hybridized carbons (Fsp3) is 0.320. The monoisotopic (exact) mass is 479 g/mol. The highest BCUT2D eigenvalue weighted by atomic mass is 32.2. The number of hydrogen-bond acceptors (Lipinski definition) is 6. The zero-order valence-electron chi connectivity index (χ0n) is 18.6. The molecule has 5 rings (SSSR count). The summed E-state index contributed by atoms with van der Waals surface area (Å²) in [5, 5.41) is 3.75. The van der Waals surface area contributed by atoms with E-state index in [9.17, 15) is 9.59 Å². The van der Waals surface area contributed by atoms with E-state index in [4.69, 9.17) is 4.74 Å². The summed E-state index contributed by atoms with van der Waals surface area (Å²) < 4.78 is 5.67. The summed E-state index contributed by atoms with van der Waals surface area (Å²) in [6, 6.07) is 13.8. The molecule has 2 aliphatic rings. The maximum atomic E-state index is 13.5. The van der Waals surface area contributed by atoms with E-state index in [0.29, 0.717) is 36.7 Å². The molecule has 3 heterocycles. The zero-order valence-corrected chi connectivity index (χ0v) is 20.2. The number of para-hydroxylation sites is 1. The van der Waals surface area contributed by atoms with Crippen molar-refractivity contribution >= 4 is 34.9 Å². The number of ether oxygens (including phenoxy) is 1. The van der Waals surface area contributed by atoms with Crippen LogP contribution >= 0.6 is 23.1 Å². The van der Waals surface area contributed by atoms with Crippen molar-refractivity contribution in [1.82, 2.24) is 15.2 Å². The molecular weight excluding hydrogens is 454 g/mol. The van der Waals surface area contributed by atoms with Gasteiger partial charge in [0.15, 0.2) is 0 Å². The summed E-state index contributed by atoms with van der Waals surface area (Å²) in [6.07, 6.45) is 0.827. The minimum absolute atomic E-state index is 0.0796. The third kappa shape index (κ3) is 4.37. The van der Waals surface area contributed by atoms with Crippen molar-refractivity contribution in [3.8, 4) is 16.2 Å². The highest BCUT2D eigenvalue weighted by Crippen LogP contribution is 2.34. The predicted molar refractivity (Wildman–Crippen MR) is 132 cm³/mol. The average molecular weight is 480 g/mol. The molecule has 0 radical (unpaired) electrons. The average Bonchev–Trinajstić information content (AvgIpc) is 3.55. The Bertz CT molecular complexity index is 1220. The van der Waals surface area contributed by atoms with Crippen LogP contribution in [-0.2, 0) is 6.42 Å². The van der Waals surface area contributed by atoms with Crippen LogP contribution in [-0.4, -0.2) is 52.5 Å². The van der Waals surface area contributed by atoms with Gasteiger partial charge in [-0.2, -0.15) is 0 Å². The molecule has 1 fully saturated rings. The fourth-order valence-corrected chi connectivity index (χ4v) is 6.34. The Morgan fingerprint density at radius 1 is 1.21 bits per heavy atom. The van der Waals surface area contributed by atoms with Crippen LogP contribution in [0.25, 0.3) is 10.4 Å². The third-order valence-electron chi connectivity index (χ3n) is 5.86. The van der Waals surface area contributed by atoms with Gasteiger partial charge in [0.2, 0.25) is 0 Å². The number of hydrogen-bond donors (Lipinski definition) is 1. The molecule has 33 heavy (non-hydrogen) atoms. The lowest BCUT2D eigenvalue weighted by Crippen LogP contribution is -2.42. The molecule has 1 aromatic heterocycles. The van der Waals surface area contributed by atoms with E-state index >= 15 is 0 Å². The number of aromatic nitrogens is 1. The number of amides is 2. The van der Waals surface area contributed by atoms with E-state index in [1.165, 1.54) is 0 Å². The minimum Gasteiger partial charge on any atom is -0.492 e. The van der Waals surface area contributed by atoms with Crippen molar-refractivity contribution in [2.45, 2.75) is 25.6 Å². The number of thiazole rings is 1. The number of carbonyl (C=O) groups is 2. The van der Waals surface area contributed by atoms with Gasteiger partial charge in [-0.05, 0) is 31.0 Å². The topological polar surface area (TPSA) is 71.5 Å². The lowest BCUT2D eigenvalue weighted by Gasteiger charge is -2.24. The van der Waals surface area contributed by atoms with Crippen LogP contribution in [0.3, 0.4) is 0 Å². The Hall–Kier alpha value is -2.84. The number of nitrogens with one attached hydrogen (secondary N) is 1. The largest absolute Gasteiger partial charge is 0.492 e. The molecule has 2 aliphatic heterocycles. The van der Waals surface area contributed by atoms with Crippen molar-refractivity contribution in [3.05, 3.63) is 69.9 Å². The number of fused-ring (bicyclic) bond motifs is 1. The standard InChI is InChI=1S/C25H25N3O3S2/c1-15-5-3-7-18(13-15)23-21(27-16(2)33-23)25(30)28-10-12-32-20(28)14-26-24(29)19-8-4-6-17-9-11-31-22(17)19/h3-8,13,20H,9-12,14H2,1-2H3,(H,26,29). The quantitative estimate of drug-likeness (QED) is 0.591. The van der Waals surface area contributed by atoms with Gasteiger partial charge in [-0.3, -0.25) is 9.59 Å². The normalized spacial score (nSPS) is 17.0. The minimum atomic E-state index is -0.168. The Balaban J connectivity index is 1.32. The van der Waals surface area contributed by atoms with E-state index in [1.807, 2.05) is 49.1 Å². The Morgan fingerprint density at radius 3 is 2.91 bits per heavy atom. The molecule has 6 nitrogen and oxygen atoms in total. The van der Waals surface area contributed by atoms with Gasteiger partial charge in [-0.15, -0.1) is 23.1 Å². The van der Waals surface area contributed by atoms with Crippen LogP contribution in [0.1, 0.15) is 37.0 Å². The summed E-state index contributed by atoms with van der Waals surface area (Å²) in [6.45, 7) is 5.59. The SMILES string of the molecule is Cc1cccc(-c2sc(C)nc2C(=O)N2CCSC2CNC(=O)c2cccc3c2OCC3)c1. The van der Waals surface area contributed by atoms with Gasteiger partial charge in [-0.25, -0.2) is 4.98 Å². The van der Waals surface area contributed by atoms with Crippen LogP contribution in [0.15, 0.2) is 42.5 Å². The van der Waals surface area contributed by atoms with Gasteiger partial charge in [0, 0.05) is 25.3 Å². The van der Waals surface area contributed by atoms with Gasteiger partial charge in [0.1, 0.15) is 11.4 Å². The second kappa shape index (κ2) is 9.19. The molecular formula is C25H25N3O3S2. The molecule has 2 amide bonds. The summed E-state index contributed by atoms with van der Waals surface area (Å²) in [5.41, 5.74) is 4.28. The number of nitrogens with zero attached hydrogens (tertiary/aromatic N) is 2. The fourth-order valence-electron chi connectivity index (χ4n) is 4.28. The molecule has 170 valence electrons. The van der Waals surface area contributed by atoms with E-state index in [2.05, 4.69) is 16.4 Å². The van der Waals surface area contributed by atoms with Crippen molar-refractivity contribution < 1.29 is 14.3 Å². The highest BCUT2D eigenvalue weighted by molar-refractivity contribution is 8.00. The van der Waals surface area contributed by atoms with Crippen molar-refractivity contribution in [2.24, 2.45) is 0 Å². The highest BCUT2D eigenvalue weighted by Gasteiger charge is 2.33. The summed E-state index contributed by atoms with van der Waals surface area (Å²) in [4.78, 5) is 33.7. The second-order valence-electron chi connectivity index (χ2n) is 8.21. The van der Waals surface area contributed by atoms with Gasteiger partial charge in [0.05, 0.1) is 27.4 Å². The molecule has 1 unspecified atom stereocenters. The lowest BCUT2D eigenvalue weighted by molar-refractivity contribution is 0.0746. The van der Waals surface area contributed by atoms with Crippen molar-refractivity contribution in [1.29, 1.82) is 0 Å². The van der Waals surface area contributed by atoms with Crippen LogP contribution in [0.4, 0.5) is 0 Å². The molecule has 1 atom stereocenters. The molecule has 3 aromatic rings. The summed E-state index contributed by atoms with van der Waals surface area (Å²) in [7, 11) is 0. The molecule has 0 aliphatic carbocycles. The molecule has 1 N–H and O–H groups in total. The van der Waals surface area contributed by atoms with E-state index in [1.54, 1.807) is 29.2 Å². The van der Waals surface area contributed by atoms with Crippen LogP contribution in [0, 0.1) is 13.8 Å². The van der Waals surface area contributed by atoms with Crippen molar-refractivity contribution in [3.63, 3.8) is 0 Å². The number of benzene rings is 2. The Morgan fingerprint density at radius 2 is 2.06 bits per heavy atom. The smallest absolute Gasteiger partial charge is 0.274 e. The Labute approximate surface area is 201 Å². The number of aryl methyl sites for hydroxylation is 2. The molecule has 0 bridgehead atoms. The number of rotatable bonds is 5. The maximum absolute atomic E-state index is 13.5. The molecule has 8 heteroatoms. The predicted octanol–water partition coefficient (Wildman–Crippen LogP) is 4.31. The van der Waals surface area contributed by atoms with E-state index in [0.717, 1.165) is 38.7 Å². The first kappa shape index (κ1) is 22.0. The van der Waals surface area contributed by atoms with Gasteiger partial charge >= 0.3 is 0 Å². The molecule has 2 aromatic carbocycles. The Kier molecular flexibility index (Phi) is 6.12. The van der Waals surface area contributed by atoms with Crippen molar-refractivity contribution in [2.75, 3.05) is 25.4 Å². The molecule has 0 saturated carbocycles. The van der Waals surface area contributed by atoms with Gasteiger partial charge < -0.3 is 15.0 Å². The third-order valence-corrected chi connectivity index (χ3v) is 8.11. The van der Waals surface area contributed by atoms with E-state index in [-0.39, 0.29) is 17.2 Å². The van der Waals surface area contributed by atoms with E-state index < -0.39 is 0 Å². The number of carbonyl (C=O) groups excluding carboxylic acids is 2. The van der Waals surface area contributed by atoms with Crippen LogP contribution in [0.5, 0.6) is 5.75 Å². The second-order valence-corrected chi connectivity index (χ2v) is 10.7. The lowest BCUT2D eigenvalue weighted by atomic mass is 10.1. The van der Waals surface area contributed by atoms with Gasteiger partial charge in [0.25, 0.3) is 11.8 Å². The van der Waals surface area contributed by atoms with Crippen LogP contribution in [0.2, 0.25) is 0 Å². The molecule has 0 spiro atoms. The zero-order chi connectivity index (χ0) is 22.9. The first-order valence-corrected chi connectivity index (χ1v) is 12.9. The van der Waals surface area contributed by atoms with Crippen LogP contribution < -0.4 is 10.1 Å². The molecule has 1 saturated heterocycles. The van der Waals surface area contributed by atoms with Gasteiger partial charge in [-0.1, -0.05) is 42.0 Å².